The Kier molecular flexibility index (Phi) is 4.52. The first-order valence-electron chi connectivity index (χ1n) is 9.06. The van der Waals surface area contributed by atoms with Crippen molar-refractivity contribution in [3.63, 3.8) is 0 Å². The topological polar surface area (TPSA) is 55.4 Å². The number of aryl methyl sites for hydroxylation is 1. The number of imidazole rings is 1. The summed E-state index contributed by atoms with van der Waals surface area (Å²) in [5.74, 6) is 0. The van der Waals surface area contributed by atoms with Gasteiger partial charge in [-0.15, -0.1) is 0 Å². The molecule has 2 aromatic rings. The van der Waals surface area contributed by atoms with Gasteiger partial charge in [-0.3, -0.25) is 4.98 Å². The van der Waals surface area contributed by atoms with Gasteiger partial charge in [-0.2, -0.15) is 4.99 Å². The van der Waals surface area contributed by atoms with Crippen LogP contribution in [0.2, 0.25) is 0 Å². The molecule has 0 radical (unpaired) electrons. The lowest BCUT2D eigenvalue weighted by Gasteiger charge is -2.20. The number of hydrogen-bond donors (Lipinski definition) is 0. The van der Waals surface area contributed by atoms with Gasteiger partial charge in [-0.05, 0) is 44.1 Å². The lowest BCUT2D eigenvalue weighted by molar-refractivity contribution is 0.444. The molecule has 0 amide bonds. The number of aromatic nitrogens is 3. The zero-order chi connectivity index (χ0) is 16.2. The molecule has 2 aliphatic carbocycles. The molecule has 2 heterocycles. The minimum absolute atomic E-state index is 0.393. The van der Waals surface area contributed by atoms with Gasteiger partial charge in [0, 0.05) is 18.1 Å². The largest absolute Gasteiger partial charge is 0.304 e. The zero-order valence-corrected chi connectivity index (χ0v) is 14.0. The summed E-state index contributed by atoms with van der Waals surface area (Å²) < 4.78 is 2.05. The van der Waals surface area contributed by atoms with E-state index in [0.717, 1.165) is 24.2 Å². The van der Waals surface area contributed by atoms with E-state index < -0.39 is 0 Å². The van der Waals surface area contributed by atoms with Gasteiger partial charge in [0.15, 0.2) is 0 Å². The number of fused-ring (bicyclic) bond motifs is 1. The summed E-state index contributed by atoms with van der Waals surface area (Å²) in [7, 11) is 0. The van der Waals surface area contributed by atoms with Crippen LogP contribution in [0.1, 0.15) is 56.2 Å². The average Bonchev–Trinajstić information content (AvgIpc) is 3.16. The number of aliphatic imine (C=N–C) groups is 2. The van der Waals surface area contributed by atoms with E-state index in [1.807, 2.05) is 23.3 Å². The molecular weight excluding hydrogens is 298 g/mol. The van der Waals surface area contributed by atoms with Gasteiger partial charge >= 0.3 is 0 Å². The fraction of sp³-hybridized carbons (Fsp3) is 0.526. The third-order valence-corrected chi connectivity index (χ3v) is 5.06. The fourth-order valence-electron chi connectivity index (χ4n) is 3.78. The zero-order valence-electron chi connectivity index (χ0n) is 14.0. The normalized spacial score (nSPS) is 17.8. The van der Waals surface area contributed by atoms with Crippen molar-refractivity contribution >= 4 is 11.7 Å². The van der Waals surface area contributed by atoms with Crippen LogP contribution in [-0.2, 0) is 12.8 Å². The molecule has 124 valence electrons. The Hall–Kier alpha value is -2.26. The minimum Gasteiger partial charge on any atom is -0.304 e. The summed E-state index contributed by atoms with van der Waals surface area (Å²) >= 11 is 0. The first-order valence-corrected chi connectivity index (χ1v) is 9.06. The third kappa shape index (κ3) is 3.17. The van der Waals surface area contributed by atoms with Gasteiger partial charge in [-0.25, -0.2) is 9.98 Å². The van der Waals surface area contributed by atoms with Crippen LogP contribution in [0.3, 0.4) is 0 Å². The van der Waals surface area contributed by atoms with Crippen molar-refractivity contribution in [2.45, 2.75) is 63.8 Å². The van der Waals surface area contributed by atoms with E-state index >= 15 is 0 Å². The van der Waals surface area contributed by atoms with Crippen molar-refractivity contribution in [2.75, 3.05) is 0 Å². The summed E-state index contributed by atoms with van der Waals surface area (Å²) in [6, 6.07) is 3.35. The van der Waals surface area contributed by atoms with Crippen molar-refractivity contribution in [1.82, 2.24) is 14.5 Å². The number of rotatable bonds is 3. The van der Waals surface area contributed by atoms with Crippen molar-refractivity contribution in [3.8, 4) is 5.69 Å². The molecule has 2 aromatic heterocycles. The molecule has 0 N–H and O–H groups in total. The second-order valence-corrected chi connectivity index (χ2v) is 6.73. The molecule has 1 saturated carbocycles. The van der Waals surface area contributed by atoms with Crippen LogP contribution in [0.25, 0.3) is 5.69 Å². The molecule has 0 spiro atoms. The molecule has 2 aliphatic rings. The quantitative estimate of drug-likeness (QED) is 0.792. The number of nitrogens with zero attached hydrogens (tertiary/aromatic N) is 5. The molecule has 0 unspecified atom stereocenters. The summed E-state index contributed by atoms with van der Waals surface area (Å²) in [4.78, 5) is 17.9. The van der Waals surface area contributed by atoms with Crippen LogP contribution >= 0.6 is 0 Å². The van der Waals surface area contributed by atoms with E-state index in [1.54, 1.807) is 6.20 Å². The Morgan fingerprint density at radius 1 is 1.08 bits per heavy atom. The predicted octanol–water partition coefficient (Wildman–Crippen LogP) is 4.28. The summed E-state index contributed by atoms with van der Waals surface area (Å²) in [5.41, 5.74) is 4.45. The summed E-state index contributed by atoms with van der Waals surface area (Å²) in [6.45, 7) is 0. The first-order chi connectivity index (χ1) is 11.9. The molecule has 24 heavy (non-hydrogen) atoms. The molecule has 4 rings (SSSR count). The van der Waals surface area contributed by atoms with Gasteiger partial charge in [0.2, 0.25) is 0 Å². The molecule has 0 atom stereocenters. The minimum atomic E-state index is 0.393. The molecule has 5 heteroatoms. The Morgan fingerprint density at radius 3 is 2.79 bits per heavy atom. The van der Waals surface area contributed by atoms with Gasteiger partial charge < -0.3 is 4.57 Å². The van der Waals surface area contributed by atoms with Crippen LogP contribution in [0.5, 0.6) is 0 Å². The van der Waals surface area contributed by atoms with E-state index in [4.69, 9.17) is 0 Å². The van der Waals surface area contributed by atoms with E-state index in [2.05, 4.69) is 26.0 Å². The predicted molar refractivity (Wildman–Crippen MR) is 94.4 cm³/mol. The lowest BCUT2D eigenvalue weighted by Crippen LogP contribution is -2.10. The standard InChI is InChI=1S/C19H23N5/c1-2-6-15(7-3-1)22-13-23-18-12-21-17-9-5-4-8-16(17)19(18)24-11-10-20-14-24/h10-12,14-15H,1-9H2. The van der Waals surface area contributed by atoms with Crippen LogP contribution in [0.4, 0.5) is 5.69 Å². The fourth-order valence-corrected chi connectivity index (χ4v) is 3.78. The first kappa shape index (κ1) is 15.3. The highest BCUT2D eigenvalue weighted by Gasteiger charge is 2.19. The number of pyridine rings is 1. The highest BCUT2D eigenvalue weighted by Crippen LogP contribution is 2.32. The molecule has 0 bridgehead atoms. The monoisotopic (exact) mass is 321 g/mol. The molecule has 0 saturated heterocycles. The van der Waals surface area contributed by atoms with Crippen molar-refractivity contribution in [1.29, 1.82) is 0 Å². The van der Waals surface area contributed by atoms with E-state index in [-0.39, 0.29) is 0 Å². The average molecular weight is 321 g/mol. The van der Waals surface area contributed by atoms with E-state index in [9.17, 15) is 0 Å². The maximum Gasteiger partial charge on any atom is 0.117 e. The van der Waals surface area contributed by atoms with Crippen molar-refractivity contribution in [3.05, 3.63) is 36.2 Å². The van der Waals surface area contributed by atoms with E-state index in [1.165, 1.54) is 56.2 Å². The smallest absolute Gasteiger partial charge is 0.117 e. The number of hydrogen-bond acceptors (Lipinski definition) is 4. The van der Waals surface area contributed by atoms with Crippen LogP contribution < -0.4 is 0 Å². The van der Waals surface area contributed by atoms with Crippen molar-refractivity contribution < 1.29 is 0 Å². The Labute approximate surface area is 142 Å². The second kappa shape index (κ2) is 7.10. The van der Waals surface area contributed by atoms with Gasteiger partial charge in [0.1, 0.15) is 5.69 Å². The molecule has 5 nitrogen and oxygen atoms in total. The molecule has 1 fully saturated rings. The molecule has 0 aliphatic heterocycles. The second-order valence-electron chi connectivity index (χ2n) is 6.73. The van der Waals surface area contributed by atoms with Crippen LogP contribution in [0, 0.1) is 0 Å². The highest BCUT2D eigenvalue weighted by atomic mass is 15.1. The van der Waals surface area contributed by atoms with Crippen LogP contribution in [0.15, 0.2) is 34.9 Å². The SMILES string of the molecule is C(=Nc1cnc2c(c1-n1ccnc1)CCCC2)=NC1CCCCC1. The van der Waals surface area contributed by atoms with Crippen molar-refractivity contribution in [2.24, 2.45) is 9.98 Å². The lowest BCUT2D eigenvalue weighted by atomic mass is 9.94. The Balaban J connectivity index is 1.71. The third-order valence-electron chi connectivity index (χ3n) is 5.06. The molecular formula is C19H23N5. The van der Waals surface area contributed by atoms with Gasteiger partial charge in [0.05, 0.1) is 30.3 Å². The van der Waals surface area contributed by atoms with Gasteiger partial charge in [0.25, 0.3) is 0 Å². The van der Waals surface area contributed by atoms with Gasteiger partial charge in [-0.1, -0.05) is 19.3 Å². The summed E-state index contributed by atoms with van der Waals surface area (Å²) in [6.07, 6.45) is 18.2. The maximum atomic E-state index is 4.65. The maximum absolute atomic E-state index is 4.65. The van der Waals surface area contributed by atoms with E-state index in [0.29, 0.717) is 6.04 Å². The molecule has 0 aromatic carbocycles. The highest BCUT2D eigenvalue weighted by molar-refractivity contribution is 5.66. The Morgan fingerprint density at radius 2 is 1.96 bits per heavy atom. The summed E-state index contributed by atoms with van der Waals surface area (Å²) in [5, 5.41) is 0. The van der Waals surface area contributed by atoms with Crippen LogP contribution in [-0.4, -0.2) is 26.6 Å². The Bertz CT molecular complexity index is 750.